The summed E-state index contributed by atoms with van der Waals surface area (Å²) < 4.78 is 30.9. The van der Waals surface area contributed by atoms with Gasteiger partial charge in [-0.15, -0.1) is 0 Å². The quantitative estimate of drug-likeness (QED) is 0.539. The highest BCUT2D eigenvalue weighted by Gasteiger charge is 2.04. The molecule has 1 nitrogen and oxygen atoms in total. The normalized spacial score (nSPS) is 11.9. The third-order valence-electron chi connectivity index (χ3n) is 1.82. The zero-order chi connectivity index (χ0) is 11.3. The number of rotatable bonds is 4. The predicted molar refractivity (Wildman–Crippen MR) is 55.7 cm³/mol. The molecule has 0 radical (unpaired) electrons. The fourth-order valence-electron chi connectivity index (χ4n) is 1.05. The summed E-state index contributed by atoms with van der Waals surface area (Å²) in [7, 11) is 0. The fraction of sp³-hybridized carbons (Fsp3) is 0.167. The van der Waals surface area contributed by atoms with E-state index in [1.807, 2.05) is 0 Å². The van der Waals surface area contributed by atoms with Gasteiger partial charge in [-0.3, -0.25) is 0 Å². The first-order valence-corrected chi connectivity index (χ1v) is 4.62. The summed E-state index contributed by atoms with van der Waals surface area (Å²) in [6.45, 7) is 5.08. The predicted octanol–water partition coefficient (Wildman–Crippen LogP) is 3.98. The molecule has 0 saturated carbocycles. The molecule has 0 aliphatic carbocycles. The molecule has 3 heteroatoms. The number of benzene rings is 1. The summed E-state index contributed by atoms with van der Waals surface area (Å²) in [5.41, 5.74) is 0. The van der Waals surface area contributed by atoms with Crippen molar-refractivity contribution in [1.82, 2.24) is 0 Å². The first-order chi connectivity index (χ1) is 7.17. The zero-order valence-electron chi connectivity index (χ0n) is 8.47. The summed E-state index contributed by atoms with van der Waals surface area (Å²) in [6, 6.07) is 5.41. The molecule has 0 aliphatic rings. The number of hydrogen-bond donors (Lipinski definition) is 0. The molecule has 15 heavy (non-hydrogen) atoms. The SMILES string of the molecule is C=C/C(F)=C(\CC)Oc1ccc(F)cc1. The Balaban J connectivity index is 2.84. The smallest absolute Gasteiger partial charge is 0.160 e. The Bertz CT molecular complexity index is 366. The van der Waals surface area contributed by atoms with Gasteiger partial charge in [0.15, 0.2) is 5.83 Å². The largest absolute Gasteiger partial charge is 0.459 e. The van der Waals surface area contributed by atoms with Crippen molar-refractivity contribution in [2.24, 2.45) is 0 Å². The average Bonchev–Trinajstić information content (AvgIpc) is 2.27. The van der Waals surface area contributed by atoms with Gasteiger partial charge in [-0.05, 0) is 30.3 Å². The molecule has 0 bridgehead atoms. The molecule has 0 aromatic heterocycles. The standard InChI is InChI=1S/C12H12F2O/c1-3-11(14)12(4-2)15-10-7-5-9(13)6-8-10/h3,5-8H,1,4H2,2H3/b12-11-. The number of hydrogen-bond acceptors (Lipinski definition) is 1. The molecule has 1 rings (SSSR count). The molecule has 0 saturated heterocycles. The molecule has 0 aliphatic heterocycles. The fourth-order valence-corrected chi connectivity index (χ4v) is 1.05. The van der Waals surface area contributed by atoms with E-state index in [4.69, 9.17) is 4.74 Å². The van der Waals surface area contributed by atoms with Gasteiger partial charge in [0, 0.05) is 6.42 Å². The topological polar surface area (TPSA) is 9.23 Å². The van der Waals surface area contributed by atoms with Crippen molar-refractivity contribution in [3.63, 3.8) is 0 Å². The summed E-state index contributed by atoms with van der Waals surface area (Å²) in [5, 5.41) is 0. The molecule has 1 aromatic carbocycles. The van der Waals surface area contributed by atoms with E-state index in [1.165, 1.54) is 24.3 Å². The molecule has 1 aromatic rings. The average molecular weight is 210 g/mol. The Labute approximate surface area is 87.7 Å². The van der Waals surface area contributed by atoms with E-state index >= 15 is 0 Å². The summed E-state index contributed by atoms with van der Waals surface area (Å²) in [6.07, 6.45) is 1.50. The van der Waals surface area contributed by atoms with Crippen LogP contribution in [0.4, 0.5) is 8.78 Å². The van der Waals surface area contributed by atoms with E-state index in [-0.39, 0.29) is 11.6 Å². The summed E-state index contributed by atoms with van der Waals surface area (Å²) in [5.74, 6) is -0.253. The molecule has 0 atom stereocenters. The Morgan fingerprint density at radius 3 is 2.47 bits per heavy atom. The van der Waals surface area contributed by atoms with Crippen LogP contribution in [0.15, 0.2) is 48.5 Å². The third kappa shape index (κ3) is 3.20. The first kappa shape index (κ1) is 11.4. The van der Waals surface area contributed by atoms with E-state index in [0.29, 0.717) is 12.2 Å². The minimum atomic E-state index is -0.498. The maximum Gasteiger partial charge on any atom is 0.160 e. The zero-order valence-corrected chi connectivity index (χ0v) is 8.47. The maximum absolute atomic E-state index is 13.1. The monoisotopic (exact) mass is 210 g/mol. The van der Waals surface area contributed by atoms with Gasteiger partial charge in [0.25, 0.3) is 0 Å². The van der Waals surface area contributed by atoms with Gasteiger partial charge < -0.3 is 4.74 Å². The van der Waals surface area contributed by atoms with Crippen LogP contribution in [-0.4, -0.2) is 0 Å². The second-order valence-electron chi connectivity index (χ2n) is 2.88. The lowest BCUT2D eigenvalue weighted by molar-refractivity contribution is 0.384. The van der Waals surface area contributed by atoms with Crippen molar-refractivity contribution in [2.45, 2.75) is 13.3 Å². The van der Waals surface area contributed by atoms with Crippen molar-refractivity contribution in [1.29, 1.82) is 0 Å². The van der Waals surface area contributed by atoms with Crippen LogP contribution < -0.4 is 4.74 Å². The lowest BCUT2D eigenvalue weighted by atomic mass is 10.3. The molecule has 0 fully saturated rings. The molecule has 0 N–H and O–H groups in total. The van der Waals surface area contributed by atoms with Gasteiger partial charge in [-0.1, -0.05) is 13.5 Å². The van der Waals surface area contributed by atoms with Crippen molar-refractivity contribution in [3.05, 3.63) is 54.3 Å². The third-order valence-corrected chi connectivity index (χ3v) is 1.82. The highest BCUT2D eigenvalue weighted by atomic mass is 19.1. The van der Waals surface area contributed by atoms with Gasteiger partial charge in [-0.2, -0.15) is 0 Å². The van der Waals surface area contributed by atoms with Crippen LogP contribution in [0.3, 0.4) is 0 Å². The summed E-state index contributed by atoms with van der Waals surface area (Å²) in [4.78, 5) is 0. The number of ether oxygens (including phenoxy) is 1. The van der Waals surface area contributed by atoms with Crippen LogP contribution in [0.5, 0.6) is 5.75 Å². The highest BCUT2D eigenvalue weighted by molar-refractivity contribution is 5.26. The van der Waals surface area contributed by atoms with Crippen LogP contribution in [0, 0.1) is 5.82 Å². The molecule has 0 spiro atoms. The van der Waals surface area contributed by atoms with Crippen LogP contribution in [0.2, 0.25) is 0 Å². The van der Waals surface area contributed by atoms with Crippen molar-refractivity contribution < 1.29 is 13.5 Å². The van der Waals surface area contributed by atoms with Crippen LogP contribution in [0.1, 0.15) is 13.3 Å². The molecule has 0 unspecified atom stereocenters. The van der Waals surface area contributed by atoms with Crippen LogP contribution in [0.25, 0.3) is 0 Å². The van der Waals surface area contributed by atoms with E-state index in [2.05, 4.69) is 6.58 Å². The molecule has 0 amide bonds. The second-order valence-corrected chi connectivity index (χ2v) is 2.88. The number of allylic oxidation sites excluding steroid dienone is 3. The van der Waals surface area contributed by atoms with Gasteiger partial charge in [-0.25, -0.2) is 8.78 Å². The Hall–Kier alpha value is -1.64. The van der Waals surface area contributed by atoms with Crippen LogP contribution >= 0.6 is 0 Å². The lowest BCUT2D eigenvalue weighted by Crippen LogP contribution is -1.96. The van der Waals surface area contributed by atoms with Crippen molar-refractivity contribution in [2.75, 3.05) is 0 Å². The second kappa shape index (κ2) is 5.29. The summed E-state index contributed by atoms with van der Waals surface area (Å²) >= 11 is 0. The minimum Gasteiger partial charge on any atom is -0.459 e. The van der Waals surface area contributed by atoms with Gasteiger partial charge >= 0.3 is 0 Å². The Morgan fingerprint density at radius 1 is 1.40 bits per heavy atom. The molecule has 0 heterocycles. The maximum atomic E-state index is 13.1. The molecular weight excluding hydrogens is 198 g/mol. The Morgan fingerprint density at radius 2 is 2.00 bits per heavy atom. The van der Waals surface area contributed by atoms with Gasteiger partial charge in [0.2, 0.25) is 0 Å². The van der Waals surface area contributed by atoms with E-state index in [9.17, 15) is 8.78 Å². The minimum absolute atomic E-state index is 0.191. The van der Waals surface area contributed by atoms with E-state index in [0.717, 1.165) is 6.08 Å². The molecule has 80 valence electrons. The Kier molecular flexibility index (Phi) is 4.03. The van der Waals surface area contributed by atoms with Crippen LogP contribution in [-0.2, 0) is 0 Å². The number of halogens is 2. The van der Waals surface area contributed by atoms with Gasteiger partial charge in [0.1, 0.15) is 17.3 Å². The van der Waals surface area contributed by atoms with E-state index < -0.39 is 5.83 Å². The van der Waals surface area contributed by atoms with E-state index in [1.54, 1.807) is 6.92 Å². The highest BCUT2D eigenvalue weighted by Crippen LogP contribution is 2.19. The van der Waals surface area contributed by atoms with Crippen molar-refractivity contribution >= 4 is 0 Å². The van der Waals surface area contributed by atoms with Gasteiger partial charge in [0.05, 0.1) is 0 Å². The molecular formula is C12H12F2O. The van der Waals surface area contributed by atoms with Crippen molar-refractivity contribution in [3.8, 4) is 5.75 Å². The first-order valence-electron chi connectivity index (χ1n) is 4.62. The lowest BCUT2D eigenvalue weighted by Gasteiger charge is -2.08.